The number of hydrogen-bond acceptors (Lipinski definition) is 4. The minimum atomic E-state index is -0.984. The lowest BCUT2D eigenvalue weighted by Gasteiger charge is -2.18. The van der Waals surface area contributed by atoms with Crippen LogP contribution in [0.5, 0.6) is 5.75 Å². The second-order valence-electron chi connectivity index (χ2n) is 7.50. The number of nitrogens with one attached hydrogen (secondary N) is 1. The number of benzene rings is 3. The molecule has 170 valence electrons. The van der Waals surface area contributed by atoms with Gasteiger partial charge in [-0.25, -0.2) is 4.79 Å². The summed E-state index contributed by atoms with van der Waals surface area (Å²) in [5, 5.41) is 23.5. The molecule has 0 radical (unpaired) electrons. The Bertz CT molecular complexity index is 1040. The average molecular weight is 476 g/mol. The number of carboxylic acids is 1. The predicted molar refractivity (Wildman–Crippen MR) is 130 cm³/mol. The van der Waals surface area contributed by atoms with Crippen molar-refractivity contribution in [1.82, 2.24) is 5.32 Å². The number of methoxy groups -OCH3 is 1. The topological polar surface area (TPSA) is 78.8 Å². The predicted octanol–water partition coefficient (Wildman–Crippen LogP) is 5.39. The van der Waals surface area contributed by atoms with Crippen LogP contribution in [0.3, 0.4) is 0 Å². The molecule has 7 heteroatoms. The first-order valence-corrected chi connectivity index (χ1v) is 10.4. The van der Waals surface area contributed by atoms with Crippen LogP contribution >= 0.6 is 24.0 Å². The molecule has 2 atom stereocenters. The Hall–Kier alpha value is -2.57. The lowest BCUT2D eigenvalue weighted by atomic mass is 9.99. The number of aliphatic hydroxyl groups excluding tert-OH is 1. The molecule has 0 aliphatic heterocycles. The maximum atomic E-state index is 11.2. The summed E-state index contributed by atoms with van der Waals surface area (Å²) in [7, 11) is 1.53. The Morgan fingerprint density at radius 1 is 1.09 bits per heavy atom. The fourth-order valence-corrected chi connectivity index (χ4v) is 3.65. The van der Waals surface area contributed by atoms with E-state index in [1.807, 2.05) is 36.4 Å². The van der Waals surface area contributed by atoms with E-state index in [0.717, 1.165) is 28.7 Å². The van der Waals surface area contributed by atoms with Crippen molar-refractivity contribution in [2.75, 3.05) is 13.7 Å². The fraction of sp³-hybridized carbons (Fsp3) is 0.240. The van der Waals surface area contributed by atoms with Gasteiger partial charge in [0, 0.05) is 23.2 Å². The molecule has 0 aliphatic carbocycles. The molecular formula is C25H27Cl2NO4. The van der Waals surface area contributed by atoms with E-state index in [9.17, 15) is 9.90 Å². The maximum Gasteiger partial charge on any atom is 0.335 e. The van der Waals surface area contributed by atoms with Crippen molar-refractivity contribution in [3.05, 3.63) is 88.4 Å². The zero-order valence-electron chi connectivity index (χ0n) is 17.9. The number of aromatic carboxylic acids is 1. The monoisotopic (exact) mass is 475 g/mol. The zero-order chi connectivity index (χ0) is 22.4. The third-order valence-corrected chi connectivity index (χ3v) is 5.38. The smallest absolute Gasteiger partial charge is 0.335 e. The van der Waals surface area contributed by atoms with Gasteiger partial charge in [-0.3, -0.25) is 0 Å². The highest BCUT2D eigenvalue weighted by atomic mass is 35.5. The minimum absolute atomic E-state index is 0. The summed E-state index contributed by atoms with van der Waals surface area (Å²) in [5.41, 5.74) is 3.93. The van der Waals surface area contributed by atoms with Crippen LogP contribution in [-0.2, 0) is 6.42 Å². The van der Waals surface area contributed by atoms with Crippen LogP contribution in [0.1, 0.15) is 34.5 Å². The zero-order valence-corrected chi connectivity index (χ0v) is 19.5. The van der Waals surface area contributed by atoms with Crippen molar-refractivity contribution in [2.24, 2.45) is 0 Å². The van der Waals surface area contributed by atoms with Gasteiger partial charge in [-0.2, -0.15) is 0 Å². The van der Waals surface area contributed by atoms with Crippen LogP contribution in [0.15, 0.2) is 66.7 Å². The highest BCUT2D eigenvalue weighted by Crippen LogP contribution is 2.31. The van der Waals surface area contributed by atoms with E-state index < -0.39 is 12.1 Å². The first-order chi connectivity index (χ1) is 14.9. The van der Waals surface area contributed by atoms with Crippen LogP contribution in [0, 0.1) is 0 Å². The van der Waals surface area contributed by atoms with Crippen molar-refractivity contribution in [2.45, 2.75) is 25.5 Å². The van der Waals surface area contributed by atoms with E-state index in [1.165, 1.54) is 13.2 Å². The van der Waals surface area contributed by atoms with Gasteiger partial charge < -0.3 is 20.3 Å². The first kappa shape index (κ1) is 25.7. The Morgan fingerprint density at radius 3 is 2.44 bits per heavy atom. The molecule has 0 bridgehead atoms. The number of aliphatic hydroxyl groups is 1. The van der Waals surface area contributed by atoms with E-state index in [-0.39, 0.29) is 24.0 Å². The van der Waals surface area contributed by atoms with Crippen LogP contribution in [0.25, 0.3) is 11.1 Å². The Morgan fingerprint density at radius 2 is 1.81 bits per heavy atom. The molecule has 0 aromatic heterocycles. The summed E-state index contributed by atoms with van der Waals surface area (Å²) in [4.78, 5) is 11.2. The van der Waals surface area contributed by atoms with Crippen LogP contribution < -0.4 is 10.1 Å². The van der Waals surface area contributed by atoms with Crippen LogP contribution in [0.2, 0.25) is 5.02 Å². The Kier molecular flexibility index (Phi) is 9.54. The second kappa shape index (κ2) is 11.9. The highest BCUT2D eigenvalue weighted by molar-refractivity contribution is 6.30. The maximum absolute atomic E-state index is 11.2. The van der Waals surface area contributed by atoms with Gasteiger partial charge in [-0.1, -0.05) is 48.0 Å². The summed E-state index contributed by atoms with van der Waals surface area (Å²) in [6.07, 6.45) is 0.183. The van der Waals surface area contributed by atoms with Gasteiger partial charge in [0.25, 0.3) is 0 Å². The molecule has 3 aromatic carbocycles. The van der Waals surface area contributed by atoms with E-state index in [2.05, 4.69) is 12.2 Å². The van der Waals surface area contributed by atoms with Crippen molar-refractivity contribution in [3.63, 3.8) is 0 Å². The van der Waals surface area contributed by atoms with E-state index in [4.69, 9.17) is 21.4 Å². The van der Waals surface area contributed by atoms with Gasteiger partial charge in [0.15, 0.2) is 0 Å². The van der Waals surface area contributed by atoms with Crippen molar-refractivity contribution in [3.8, 4) is 16.9 Å². The molecule has 3 aromatic rings. The lowest BCUT2D eigenvalue weighted by molar-refractivity contribution is 0.0696. The molecule has 0 fully saturated rings. The third-order valence-electron chi connectivity index (χ3n) is 5.15. The summed E-state index contributed by atoms with van der Waals surface area (Å²) in [6.45, 7) is 2.51. The molecule has 0 amide bonds. The fourth-order valence-electron chi connectivity index (χ4n) is 3.45. The molecule has 0 saturated carbocycles. The Balaban J connectivity index is 0.00000363. The van der Waals surface area contributed by atoms with E-state index in [0.29, 0.717) is 17.3 Å². The SMILES string of the molecule is COc1cc(C(=O)O)ccc1-c1ccc(C[C@@H](C)NC[C@H](O)c2cccc(Cl)c2)cc1.Cl. The number of rotatable bonds is 9. The van der Waals surface area contributed by atoms with Gasteiger partial charge in [-0.15, -0.1) is 12.4 Å². The van der Waals surface area contributed by atoms with Crippen molar-refractivity contribution < 1.29 is 19.7 Å². The molecule has 3 rings (SSSR count). The normalized spacial score (nSPS) is 12.5. The quantitative estimate of drug-likeness (QED) is 0.386. The van der Waals surface area contributed by atoms with Gasteiger partial charge in [-0.05, 0) is 60.4 Å². The molecule has 0 heterocycles. The largest absolute Gasteiger partial charge is 0.496 e. The third kappa shape index (κ3) is 6.71. The minimum Gasteiger partial charge on any atom is -0.496 e. The lowest BCUT2D eigenvalue weighted by Crippen LogP contribution is -2.32. The highest BCUT2D eigenvalue weighted by Gasteiger charge is 2.12. The number of carbonyl (C=O) groups is 1. The summed E-state index contributed by atoms with van der Waals surface area (Å²) >= 11 is 5.99. The number of hydrogen-bond donors (Lipinski definition) is 3. The Labute approximate surface area is 199 Å². The number of carboxylic acid groups (broad SMARTS) is 1. The molecule has 0 saturated heterocycles. The molecule has 0 spiro atoms. The van der Waals surface area contributed by atoms with Gasteiger partial charge >= 0.3 is 5.97 Å². The van der Waals surface area contributed by atoms with Crippen molar-refractivity contribution >= 4 is 30.0 Å². The van der Waals surface area contributed by atoms with Gasteiger partial charge in [0.05, 0.1) is 18.8 Å². The molecule has 5 nitrogen and oxygen atoms in total. The molecular weight excluding hydrogens is 449 g/mol. The average Bonchev–Trinajstić information content (AvgIpc) is 2.77. The molecule has 0 aliphatic rings. The molecule has 32 heavy (non-hydrogen) atoms. The van der Waals surface area contributed by atoms with Crippen LogP contribution in [-0.4, -0.2) is 35.9 Å². The van der Waals surface area contributed by atoms with E-state index >= 15 is 0 Å². The molecule has 3 N–H and O–H groups in total. The standard InChI is InChI=1S/C25H26ClNO4.ClH/c1-16(27-15-23(28)19-4-3-5-21(26)13-19)12-17-6-8-18(9-7-17)22-11-10-20(25(29)30)14-24(22)31-2;/h3-11,13-14,16,23,27-28H,12,15H2,1-2H3,(H,29,30);1H/t16-,23+;/m1./s1. The van der Waals surface area contributed by atoms with Crippen LogP contribution in [0.4, 0.5) is 0 Å². The summed E-state index contributed by atoms with van der Waals surface area (Å²) in [6, 6.07) is 20.4. The number of ether oxygens (including phenoxy) is 1. The van der Waals surface area contributed by atoms with Gasteiger partial charge in [0.2, 0.25) is 0 Å². The van der Waals surface area contributed by atoms with Gasteiger partial charge in [0.1, 0.15) is 5.75 Å². The van der Waals surface area contributed by atoms with E-state index in [1.54, 1.807) is 24.3 Å². The first-order valence-electron chi connectivity index (χ1n) is 10.0. The van der Waals surface area contributed by atoms with Crippen molar-refractivity contribution in [1.29, 1.82) is 0 Å². The summed E-state index contributed by atoms with van der Waals surface area (Å²) < 4.78 is 5.38. The summed E-state index contributed by atoms with van der Waals surface area (Å²) in [5.74, 6) is -0.458. The second-order valence-corrected chi connectivity index (χ2v) is 7.94. The molecule has 0 unspecified atom stereocenters. The number of halogens is 2.